The van der Waals surface area contributed by atoms with E-state index in [0.717, 1.165) is 23.4 Å². The molecule has 31 heavy (non-hydrogen) atoms. The Kier molecular flexibility index (Phi) is 7.85. The number of piperidine rings is 1. The van der Waals surface area contributed by atoms with Crippen molar-refractivity contribution in [3.8, 4) is 0 Å². The zero-order valence-corrected chi connectivity index (χ0v) is 18.9. The van der Waals surface area contributed by atoms with Crippen LogP contribution in [0.2, 0.25) is 5.02 Å². The molecule has 1 saturated heterocycles. The number of carbonyl (C=O) groups is 2. The summed E-state index contributed by atoms with van der Waals surface area (Å²) in [5.74, 6) is 0.199. The first-order chi connectivity index (χ1) is 14.9. The van der Waals surface area contributed by atoms with E-state index in [2.05, 4.69) is 17.4 Å². The highest BCUT2D eigenvalue weighted by Crippen LogP contribution is 2.29. The Morgan fingerprint density at radius 2 is 1.77 bits per heavy atom. The van der Waals surface area contributed by atoms with Crippen LogP contribution in [0.15, 0.2) is 48.5 Å². The summed E-state index contributed by atoms with van der Waals surface area (Å²) in [5, 5.41) is 11.2. The van der Waals surface area contributed by atoms with Crippen LogP contribution in [0.5, 0.6) is 0 Å². The van der Waals surface area contributed by atoms with Crippen molar-refractivity contribution in [3.05, 3.63) is 70.2 Å². The fraction of sp³-hybridized carbons (Fsp3) is 0.400. The zero-order valence-electron chi connectivity index (χ0n) is 18.1. The molecule has 0 aromatic heterocycles. The molecule has 1 aliphatic rings. The van der Waals surface area contributed by atoms with Crippen LogP contribution >= 0.6 is 11.6 Å². The molecule has 0 aliphatic carbocycles. The predicted molar refractivity (Wildman–Crippen MR) is 125 cm³/mol. The maximum Gasteiger partial charge on any atom is 0.245 e. The van der Waals surface area contributed by atoms with Gasteiger partial charge in [-0.15, -0.1) is 0 Å². The van der Waals surface area contributed by atoms with Crippen molar-refractivity contribution >= 4 is 29.6 Å². The third-order valence-electron chi connectivity index (χ3n) is 5.96. The Balaban J connectivity index is 1.59. The Bertz CT molecular complexity index is 919. The monoisotopic (exact) mass is 439 g/mol. The van der Waals surface area contributed by atoms with Crippen molar-refractivity contribution in [1.82, 2.24) is 10.2 Å². The SMILES string of the molecule is CC(C)[C@@H](NC(=O)Cc1ccccc1C=N)C(=O)N1CCC(c2ccc(Cl)cc2)CC1. The minimum atomic E-state index is -0.549. The molecule has 164 valence electrons. The van der Waals surface area contributed by atoms with Crippen LogP contribution in [0.3, 0.4) is 0 Å². The highest BCUT2D eigenvalue weighted by atomic mass is 35.5. The van der Waals surface area contributed by atoms with E-state index in [1.165, 1.54) is 11.8 Å². The first kappa shape index (κ1) is 23.0. The molecule has 2 N–H and O–H groups in total. The first-order valence-electron chi connectivity index (χ1n) is 10.8. The highest BCUT2D eigenvalue weighted by molar-refractivity contribution is 6.30. The van der Waals surface area contributed by atoms with Gasteiger partial charge in [-0.1, -0.05) is 61.8 Å². The fourth-order valence-electron chi connectivity index (χ4n) is 4.11. The quantitative estimate of drug-likeness (QED) is 0.626. The summed E-state index contributed by atoms with van der Waals surface area (Å²) in [4.78, 5) is 27.8. The molecule has 1 atom stereocenters. The summed E-state index contributed by atoms with van der Waals surface area (Å²) in [5.41, 5.74) is 2.76. The number of hydrogen-bond acceptors (Lipinski definition) is 3. The summed E-state index contributed by atoms with van der Waals surface area (Å²) in [6.07, 6.45) is 3.21. The lowest BCUT2D eigenvalue weighted by atomic mass is 9.89. The number of hydrogen-bond donors (Lipinski definition) is 2. The van der Waals surface area contributed by atoms with E-state index in [-0.39, 0.29) is 24.2 Å². The first-order valence-corrected chi connectivity index (χ1v) is 11.2. The van der Waals surface area contributed by atoms with Crippen molar-refractivity contribution in [1.29, 1.82) is 5.41 Å². The van der Waals surface area contributed by atoms with Crippen molar-refractivity contribution in [2.75, 3.05) is 13.1 Å². The van der Waals surface area contributed by atoms with Crippen molar-refractivity contribution in [3.63, 3.8) is 0 Å². The Morgan fingerprint density at radius 3 is 2.39 bits per heavy atom. The summed E-state index contributed by atoms with van der Waals surface area (Å²) in [6, 6.07) is 14.7. The maximum absolute atomic E-state index is 13.2. The van der Waals surface area contributed by atoms with Gasteiger partial charge >= 0.3 is 0 Å². The number of benzene rings is 2. The Hall–Kier alpha value is -2.66. The van der Waals surface area contributed by atoms with Gasteiger partial charge in [0, 0.05) is 24.3 Å². The largest absolute Gasteiger partial charge is 0.344 e. The standard InChI is InChI=1S/C25H30ClN3O2/c1-17(2)24(28-23(30)15-20-5-3-4-6-21(20)16-27)25(31)29-13-11-19(12-14-29)18-7-9-22(26)10-8-18/h3-10,16-17,19,24,27H,11-15H2,1-2H3,(H,28,30)/t24-/m1/s1. The van der Waals surface area contributed by atoms with Gasteiger partial charge in [0.15, 0.2) is 0 Å². The lowest BCUT2D eigenvalue weighted by Gasteiger charge is -2.35. The van der Waals surface area contributed by atoms with Gasteiger partial charge in [0.05, 0.1) is 6.42 Å². The molecular formula is C25H30ClN3O2. The van der Waals surface area contributed by atoms with E-state index in [4.69, 9.17) is 17.0 Å². The van der Waals surface area contributed by atoms with Crippen LogP contribution in [-0.4, -0.2) is 42.1 Å². The van der Waals surface area contributed by atoms with Gasteiger partial charge in [-0.05, 0) is 53.5 Å². The Labute approximate surface area is 189 Å². The van der Waals surface area contributed by atoms with Crippen molar-refractivity contribution < 1.29 is 9.59 Å². The predicted octanol–water partition coefficient (Wildman–Crippen LogP) is 4.43. The summed E-state index contributed by atoms with van der Waals surface area (Å²) in [6.45, 7) is 5.27. The number of rotatable bonds is 7. The molecule has 1 fully saturated rings. The molecule has 0 radical (unpaired) electrons. The molecule has 2 amide bonds. The molecule has 5 nitrogen and oxygen atoms in total. The molecule has 0 spiro atoms. The summed E-state index contributed by atoms with van der Waals surface area (Å²) < 4.78 is 0. The zero-order chi connectivity index (χ0) is 22.4. The second-order valence-electron chi connectivity index (χ2n) is 8.46. The number of nitrogens with one attached hydrogen (secondary N) is 2. The average Bonchev–Trinajstić information content (AvgIpc) is 2.78. The van der Waals surface area contributed by atoms with Gasteiger partial charge in [-0.25, -0.2) is 0 Å². The van der Waals surface area contributed by atoms with Crippen LogP contribution < -0.4 is 5.32 Å². The summed E-state index contributed by atoms with van der Waals surface area (Å²) >= 11 is 5.99. The minimum Gasteiger partial charge on any atom is -0.344 e. The Morgan fingerprint density at radius 1 is 1.13 bits per heavy atom. The van der Waals surface area contributed by atoms with E-state index in [0.29, 0.717) is 24.6 Å². The highest BCUT2D eigenvalue weighted by Gasteiger charge is 2.31. The number of halogens is 1. The number of likely N-dealkylation sites (tertiary alicyclic amines) is 1. The molecule has 6 heteroatoms. The number of amides is 2. The number of carbonyl (C=O) groups excluding carboxylic acids is 2. The molecule has 0 unspecified atom stereocenters. The van der Waals surface area contributed by atoms with Gasteiger partial charge in [-0.2, -0.15) is 0 Å². The maximum atomic E-state index is 13.2. The van der Waals surface area contributed by atoms with Crippen LogP contribution in [0.1, 0.15) is 49.3 Å². The van der Waals surface area contributed by atoms with E-state index in [9.17, 15) is 9.59 Å². The number of nitrogens with zero attached hydrogens (tertiary/aromatic N) is 1. The molecule has 2 aromatic carbocycles. The molecule has 3 rings (SSSR count). The average molecular weight is 440 g/mol. The molecular weight excluding hydrogens is 410 g/mol. The molecule has 1 heterocycles. The fourth-order valence-corrected chi connectivity index (χ4v) is 4.24. The van der Waals surface area contributed by atoms with E-state index in [1.54, 1.807) is 0 Å². The second kappa shape index (κ2) is 10.6. The molecule has 0 saturated carbocycles. The van der Waals surface area contributed by atoms with Gasteiger partial charge in [0.25, 0.3) is 0 Å². The van der Waals surface area contributed by atoms with Gasteiger partial charge in [0.2, 0.25) is 11.8 Å². The van der Waals surface area contributed by atoms with E-state index in [1.807, 2.05) is 55.1 Å². The van der Waals surface area contributed by atoms with Crippen molar-refractivity contribution in [2.24, 2.45) is 5.92 Å². The van der Waals surface area contributed by atoms with Crippen LogP contribution in [0, 0.1) is 11.3 Å². The van der Waals surface area contributed by atoms with E-state index < -0.39 is 6.04 Å². The van der Waals surface area contributed by atoms with Crippen LogP contribution in [0.25, 0.3) is 0 Å². The third kappa shape index (κ3) is 5.95. The van der Waals surface area contributed by atoms with Crippen LogP contribution in [0.4, 0.5) is 0 Å². The van der Waals surface area contributed by atoms with E-state index >= 15 is 0 Å². The normalized spacial score (nSPS) is 15.5. The van der Waals surface area contributed by atoms with Crippen molar-refractivity contribution in [2.45, 2.75) is 45.1 Å². The van der Waals surface area contributed by atoms with Gasteiger partial charge in [-0.3, -0.25) is 9.59 Å². The molecule has 1 aliphatic heterocycles. The second-order valence-corrected chi connectivity index (χ2v) is 8.90. The lowest BCUT2D eigenvalue weighted by Crippen LogP contribution is -2.53. The van der Waals surface area contributed by atoms with Gasteiger partial charge in [0.1, 0.15) is 6.04 Å². The minimum absolute atomic E-state index is 0.0107. The van der Waals surface area contributed by atoms with Crippen LogP contribution in [-0.2, 0) is 16.0 Å². The molecule has 0 bridgehead atoms. The topological polar surface area (TPSA) is 73.3 Å². The lowest BCUT2D eigenvalue weighted by molar-refractivity contribution is -0.138. The molecule has 2 aromatic rings. The summed E-state index contributed by atoms with van der Waals surface area (Å²) in [7, 11) is 0. The third-order valence-corrected chi connectivity index (χ3v) is 6.21. The van der Waals surface area contributed by atoms with Gasteiger partial charge < -0.3 is 15.6 Å². The smallest absolute Gasteiger partial charge is 0.245 e.